The molecule has 0 aliphatic carbocycles. The molecule has 0 radical (unpaired) electrons. The van der Waals surface area contributed by atoms with Gasteiger partial charge in [-0.05, 0) is 18.1 Å². The van der Waals surface area contributed by atoms with Crippen molar-refractivity contribution in [1.29, 1.82) is 0 Å². The molecule has 0 N–H and O–H groups in total. The van der Waals surface area contributed by atoms with E-state index in [-0.39, 0.29) is 16.4 Å². The number of hydrogen-bond acceptors (Lipinski definition) is 5. The molecule has 0 aliphatic heterocycles. The smallest absolute Gasteiger partial charge is 0.355 e. The fourth-order valence-corrected chi connectivity index (χ4v) is 4.56. The summed E-state index contributed by atoms with van der Waals surface area (Å²) in [5.74, 6) is -1.06. The van der Waals surface area contributed by atoms with E-state index in [2.05, 4.69) is 6.92 Å². The Morgan fingerprint density at radius 2 is 1.69 bits per heavy atom. The average Bonchev–Trinajstić information content (AvgIpc) is 3.10. The zero-order chi connectivity index (χ0) is 21.6. The van der Waals surface area contributed by atoms with Crippen LogP contribution in [0.5, 0.6) is 0 Å². The van der Waals surface area contributed by atoms with E-state index in [9.17, 15) is 18.0 Å². The highest BCUT2D eigenvalue weighted by Crippen LogP contribution is 2.19. The Bertz CT molecular complexity index is 957. The van der Waals surface area contributed by atoms with Crippen LogP contribution < -0.4 is 0 Å². The Balaban J connectivity index is 2.08. The highest BCUT2D eigenvalue weighted by atomic mass is 32.2. The number of benzene rings is 1. The molecule has 2 aromatic rings. The SMILES string of the molecule is CCCc1ccc(C(=O)COC(=O)c2cc(S(=O)(=O)N(CC)CC)cn2C)cc1. The molecule has 0 spiro atoms. The number of nitrogens with zero attached hydrogens (tertiary/aromatic N) is 2. The number of carbonyl (C=O) groups is 2. The lowest BCUT2D eigenvalue weighted by molar-refractivity contribution is 0.0465. The largest absolute Gasteiger partial charge is 0.453 e. The van der Waals surface area contributed by atoms with E-state index in [4.69, 9.17) is 4.74 Å². The number of rotatable bonds is 10. The Kier molecular flexibility index (Phi) is 7.75. The molecule has 8 heteroatoms. The maximum atomic E-state index is 12.6. The quantitative estimate of drug-likeness (QED) is 0.436. The summed E-state index contributed by atoms with van der Waals surface area (Å²) in [7, 11) is -2.12. The summed E-state index contributed by atoms with van der Waals surface area (Å²) in [5, 5.41) is 0. The van der Waals surface area contributed by atoms with Crippen molar-refractivity contribution in [3.05, 3.63) is 53.3 Å². The molecule has 158 valence electrons. The molecule has 1 aromatic carbocycles. The van der Waals surface area contributed by atoms with Crippen LogP contribution in [0.4, 0.5) is 0 Å². The van der Waals surface area contributed by atoms with Crippen molar-refractivity contribution in [2.45, 2.75) is 38.5 Å². The maximum absolute atomic E-state index is 12.6. The topological polar surface area (TPSA) is 85.7 Å². The summed E-state index contributed by atoms with van der Waals surface area (Å²) < 4.78 is 33.1. The Morgan fingerprint density at radius 3 is 2.24 bits per heavy atom. The lowest BCUT2D eigenvalue weighted by atomic mass is 10.1. The predicted molar refractivity (Wildman–Crippen MR) is 111 cm³/mol. The lowest BCUT2D eigenvalue weighted by Crippen LogP contribution is -2.30. The molecule has 0 fully saturated rings. The van der Waals surface area contributed by atoms with E-state index < -0.39 is 22.6 Å². The average molecular weight is 421 g/mol. The van der Waals surface area contributed by atoms with Gasteiger partial charge in [0.25, 0.3) is 0 Å². The molecule has 7 nitrogen and oxygen atoms in total. The highest BCUT2D eigenvalue weighted by Gasteiger charge is 2.26. The molecular weight excluding hydrogens is 392 g/mol. The van der Waals surface area contributed by atoms with Crippen molar-refractivity contribution in [2.24, 2.45) is 7.05 Å². The lowest BCUT2D eigenvalue weighted by Gasteiger charge is -2.17. The van der Waals surface area contributed by atoms with Gasteiger partial charge in [-0.1, -0.05) is 51.5 Å². The van der Waals surface area contributed by atoms with Crippen LogP contribution in [0, 0.1) is 0 Å². The van der Waals surface area contributed by atoms with Crippen LogP contribution in [0.1, 0.15) is 53.6 Å². The van der Waals surface area contributed by atoms with Gasteiger partial charge in [0.15, 0.2) is 12.4 Å². The van der Waals surface area contributed by atoms with Crippen molar-refractivity contribution in [2.75, 3.05) is 19.7 Å². The molecule has 1 aromatic heterocycles. The minimum atomic E-state index is -3.68. The van der Waals surface area contributed by atoms with Crippen molar-refractivity contribution in [3.63, 3.8) is 0 Å². The van der Waals surface area contributed by atoms with Crippen LogP contribution in [0.25, 0.3) is 0 Å². The number of sulfonamides is 1. The molecule has 1 heterocycles. The van der Waals surface area contributed by atoms with Crippen LogP contribution >= 0.6 is 0 Å². The molecule has 0 unspecified atom stereocenters. The molecule has 0 aliphatic rings. The molecule has 0 saturated heterocycles. The molecule has 29 heavy (non-hydrogen) atoms. The zero-order valence-corrected chi connectivity index (χ0v) is 18.2. The first kappa shape index (κ1) is 22.8. The number of ether oxygens (including phenoxy) is 1. The van der Waals surface area contributed by atoms with Gasteiger partial charge in [0.2, 0.25) is 10.0 Å². The summed E-state index contributed by atoms with van der Waals surface area (Å²) in [4.78, 5) is 24.7. The van der Waals surface area contributed by atoms with Gasteiger partial charge in [0, 0.05) is 31.9 Å². The van der Waals surface area contributed by atoms with Crippen LogP contribution in [0.3, 0.4) is 0 Å². The van der Waals surface area contributed by atoms with Gasteiger partial charge in [-0.2, -0.15) is 4.31 Å². The number of ketones is 1. The first-order valence-electron chi connectivity index (χ1n) is 9.70. The summed E-state index contributed by atoms with van der Waals surface area (Å²) in [6, 6.07) is 8.50. The highest BCUT2D eigenvalue weighted by molar-refractivity contribution is 7.89. The third kappa shape index (κ3) is 5.33. The number of aromatic nitrogens is 1. The fraction of sp³-hybridized carbons (Fsp3) is 0.429. The van der Waals surface area contributed by atoms with Crippen LogP contribution in [-0.2, 0) is 28.2 Å². The monoisotopic (exact) mass is 420 g/mol. The van der Waals surface area contributed by atoms with Gasteiger partial charge in [0.05, 0.1) is 0 Å². The van der Waals surface area contributed by atoms with Crippen LogP contribution in [0.15, 0.2) is 41.4 Å². The van der Waals surface area contributed by atoms with Crippen molar-refractivity contribution < 1.29 is 22.7 Å². The Hall–Kier alpha value is -2.45. The van der Waals surface area contributed by atoms with Crippen molar-refractivity contribution in [1.82, 2.24) is 8.87 Å². The van der Waals surface area contributed by atoms with Crippen molar-refractivity contribution >= 4 is 21.8 Å². The molecule has 0 atom stereocenters. The third-order valence-corrected chi connectivity index (χ3v) is 6.70. The van der Waals surface area contributed by atoms with E-state index in [1.54, 1.807) is 33.0 Å². The number of Topliss-reactive ketones (excluding diaryl/α,β-unsaturated/α-hetero) is 1. The van der Waals surface area contributed by atoms with Gasteiger partial charge in [-0.25, -0.2) is 13.2 Å². The third-order valence-electron chi connectivity index (χ3n) is 4.68. The molecule has 2 rings (SSSR count). The van der Waals surface area contributed by atoms with E-state index in [1.807, 2.05) is 12.1 Å². The fourth-order valence-electron chi connectivity index (χ4n) is 3.03. The van der Waals surface area contributed by atoms with E-state index in [0.717, 1.165) is 18.4 Å². The second kappa shape index (κ2) is 9.84. The normalized spacial score (nSPS) is 11.6. The van der Waals surface area contributed by atoms with Crippen LogP contribution in [-0.4, -0.2) is 48.7 Å². The van der Waals surface area contributed by atoms with Gasteiger partial charge >= 0.3 is 5.97 Å². The predicted octanol–water partition coefficient (Wildman–Crippen LogP) is 3.05. The second-order valence-electron chi connectivity index (χ2n) is 6.71. The van der Waals surface area contributed by atoms with Gasteiger partial charge in [-0.15, -0.1) is 0 Å². The maximum Gasteiger partial charge on any atom is 0.355 e. The number of aryl methyl sites for hydroxylation is 2. The first-order valence-corrected chi connectivity index (χ1v) is 11.1. The first-order chi connectivity index (χ1) is 13.7. The van der Waals surface area contributed by atoms with Gasteiger partial charge in [0.1, 0.15) is 10.6 Å². The Morgan fingerprint density at radius 1 is 1.07 bits per heavy atom. The summed E-state index contributed by atoms with van der Waals surface area (Å²) in [5.41, 5.74) is 1.68. The zero-order valence-electron chi connectivity index (χ0n) is 17.3. The molecule has 0 saturated carbocycles. The number of hydrogen-bond donors (Lipinski definition) is 0. The Labute approximate surface area is 172 Å². The standard InChI is InChI=1S/C21H28N2O5S/c1-5-8-16-9-11-17(12-10-16)20(24)15-28-21(25)19-13-18(14-22(19)4)29(26,27)23(6-2)7-3/h9-14H,5-8,15H2,1-4H3. The minimum Gasteiger partial charge on any atom is -0.453 e. The summed E-state index contributed by atoms with van der Waals surface area (Å²) in [6.45, 7) is 5.84. The van der Waals surface area contributed by atoms with Crippen LogP contribution in [0.2, 0.25) is 0 Å². The van der Waals surface area contributed by atoms with E-state index in [1.165, 1.54) is 21.1 Å². The van der Waals surface area contributed by atoms with Gasteiger partial charge in [-0.3, -0.25) is 4.79 Å². The number of carbonyl (C=O) groups excluding carboxylic acids is 2. The van der Waals surface area contributed by atoms with E-state index in [0.29, 0.717) is 18.7 Å². The molecule has 0 amide bonds. The summed E-state index contributed by atoms with van der Waals surface area (Å²) >= 11 is 0. The van der Waals surface area contributed by atoms with Crippen molar-refractivity contribution in [3.8, 4) is 0 Å². The summed E-state index contributed by atoms with van der Waals surface area (Å²) in [6.07, 6.45) is 3.34. The van der Waals surface area contributed by atoms with E-state index >= 15 is 0 Å². The molecule has 0 bridgehead atoms. The van der Waals surface area contributed by atoms with Gasteiger partial charge < -0.3 is 9.30 Å². The second-order valence-corrected chi connectivity index (χ2v) is 8.65. The molecular formula is C21H28N2O5S. The minimum absolute atomic E-state index is 0.0217. The number of esters is 1.